The number of para-hydroxylation sites is 2. The highest BCUT2D eigenvalue weighted by molar-refractivity contribution is 6.04. The molecule has 0 spiro atoms. The number of carbonyl (C=O) groups is 2. The van der Waals surface area contributed by atoms with Crippen molar-refractivity contribution in [2.45, 2.75) is 20.0 Å². The molecule has 0 amide bonds. The molecule has 0 saturated carbocycles. The third-order valence-corrected chi connectivity index (χ3v) is 6.28. The normalized spacial score (nSPS) is 12.1. The van der Waals surface area contributed by atoms with Gasteiger partial charge in [-0.25, -0.2) is 0 Å². The molecule has 204 valence electrons. The van der Waals surface area contributed by atoms with E-state index in [2.05, 4.69) is 4.90 Å². The number of benzene rings is 3. The van der Waals surface area contributed by atoms with Crippen LogP contribution in [0.1, 0.15) is 12.5 Å². The average Bonchev–Trinajstić information content (AvgIpc) is 2.99. The Bertz CT molecular complexity index is 1840. The molecule has 0 aliphatic heterocycles. The number of carboxylic acid groups (broad SMARTS) is 1. The van der Waals surface area contributed by atoms with Gasteiger partial charge in [-0.2, -0.15) is 5.26 Å². The smallest absolute Gasteiger partial charge is 0.323 e. The molecular weight excluding hydrogens is 520 g/mol. The Morgan fingerprint density at radius 1 is 0.878 bits per heavy atom. The van der Waals surface area contributed by atoms with E-state index >= 15 is 0 Å². The Hall–Kier alpha value is -5.75. The largest absolute Gasteiger partial charge is 0.480 e. The fourth-order valence-corrected chi connectivity index (χ4v) is 4.45. The number of nitriles is 1. The minimum absolute atomic E-state index is 0.0123. The second kappa shape index (κ2) is 12.9. The van der Waals surface area contributed by atoms with Crippen LogP contribution < -0.4 is 26.7 Å². The van der Waals surface area contributed by atoms with Gasteiger partial charge in [0.15, 0.2) is 6.29 Å². The zero-order chi connectivity index (χ0) is 29.4. The highest BCUT2D eigenvalue weighted by atomic mass is 16.4. The van der Waals surface area contributed by atoms with Gasteiger partial charge in [-0.05, 0) is 55.0 Å². The number of carboxylic acids is 1. The van der Waals surface area contributed by atoms with Crippen LogP contribution in [0.4, 0.5) is 17.1 Å². The highest BCUT2D eigenvalue weighted by Gasteiger charge is 2.15. The predicted octanol–water partition coefficient (Wildman–Crippen LogP) is 2.95. The zero-order valence-corrected chi connectivity index (χ0v) is 22.2. The van der Waals surface area contributed by atoms with Crippen LogP contribution in [0.2, 0.25) is 0 Å². The van der Waals surface area contributed by atoms with Gasteiger partial charge in [-0.1, -0.05) is 60.7 Å². The van der Waals surface area contributed by atoms with Crippen LogP contribution in [0.25, 0.3) is 17.7 Å². The van der Waals surface area contributed by atoms with E-state index in [-0.39, 0.29) is 23.5 Å². The number of rotatable bonds is 9. The molecule has 0 saturated heterocycles. The topological polar surface area (TPSA) is 125 Å². The number of hydrogen-bond acceptors (Lipinski definition) is 6. The van der Waals surface area contributed by atoms with Crippen LogP contribution in [0.5, 0.6) is 0 Å². The van der Waals surface area contributed by atoms with E-state index in [0.29, 0.717) is 0 Å². The molecule has 0 aliphatic carbocycles. The van der Waals surface area contributed by atoms with Crippen LogP contribution in [0.15, 0.2) is 101 Å². The fraction of sp³-hybridized carbons (Fsp3) is 0.0938. The lowest BCUT2D eigenvalue weighted by molar-refractivity contribution is -0.137. The van der Waals surface area contributed by atoms with E-state index in [1.807, 2.05) is 84.9 Å². The van der Waals surface area contributed by atoms with Gasteiger partial charge in [0.05, 0.1) is 0 Å². The molecule has 4 aromatic rings. The third-order valence-electron chi connectivity index (χ3n) is 6.28. The molecule has 1 aromatic heterocycles. The van der Waals surface area contributed by atoms with E-state index in [9.17, 15) is 29.5 Å². The van der Waals surface area contributed by atoms with Gasteiger partial charge in [0.2, 0.25) is 0 Å². The number of carbonyl (C=O) groups excluding carboxylic acids is 1. The minimum Gasteiger partial charge on any atom is -0.480 e. The summed E-state index contributed by atoms with van der Waals surface area (Å²) < 4.78 is 1.81. The second-order valence-corrected chi connectivity index (χ2v) is 8.84. The Labute approximate surface area is 235 Å². The van der Waals surface area contributed by atoms with E-state index in [4.69, 9.17) is 0 Å². The maximum absolute atomic E-state index is 13.2. The van der Waals surface area contributed by atoms with Crippen molar-refractivity contribution >= 4 is 47.0 Å². The Kier molecular flexibility index (Phi) is 8.87. The first-order chi connectivity index (χ1) is 19.9. The van der Waals surface area contributed by atoms with Gasteiger partial charge >= 0.3 is 5.97 Å². The number of aldehydes is 1. The second-order valence-electron chi connectivity index (χ2n) is 8.84. The number of anilines is 3. The van der Waals surface area contributed by atoms with Crippen molar-refractivity contribution in [3.63, 3.8) is 0 Å². The number of aromatic nitrogens is 2. The van der Waals surface area contributed by atoms with Crippen molar-refractivity contribution in [3.05, 3.63) is 128 Å². The van der Waals surface area contributed by atoms with Gasteiger partial charge in [-0.3, -0.25) is 28.3 Å². The van der Waals surface area contributed by atoms with Crippen LogP contribution in [0, 0.1) is 11.3 Å². The molecule has 0 radical (unpaired) electrons. The van der Waals surface area contributed by atoms with Crippen molar-refractivity contribution < 1.29 is 14.7 Å². The quantitative estimate of drug-likeness (QED) is 0.320. The van der Waals surface area contributed by atoms with Gasteiger partial charge < -0.3 is 10.0 Å². The van der Waals surface area contributed by atoms with E-state index in [0.717, 1.165) is 31.8 Å². The number of hydrogen-bond donors (Lipinski definition) is 1. The number of nitrogens with zero attached hydrogens (tertiary/aromatic N) is 4. The summed E-state index contributed by atoms with van der Waals surface area (Å²) in [6.07, 6.45) is 4.74. The molecule has 3 aromatic carbocycles. The fourth-order valence-electron chi connectivity index (χ4n) is 4.45. The first-order valence-electron chi connectivity index (χ1n) is 12.7. The SMILES string of the molecule is CCn1c(=O)/c(=C\C=C\c2ccc(N(c3ccccc3)c3ccccc3)cc2)c(=O)n(CC(=O)O)/c1=C(/C#N)C=O. The lowest BCUT2D eigenvalue weighted by Gasteiger charge is -2.25. The number of allylic oxidation sites excluding steroid dienone is 1. The number of aliphatic carboxylic acids is 1. The summed E-state index contributed by atoms with van der Waals surface area (Å²) in [7, 11) is 0. The van der Waals surface area contributed by atoms with Gasteiger partial charge in [0.25, 0.3) is 11.1 Å². The summed E-state index contributed by atoms with van der Waals surface area (Å²) >= 11 is 0. The summed E-state index contributed by atoms with van der Waals surface area (Å²) in [4.78, 5) is 51.3. The molecule has 4 rings (SSSR count). The maximum Gasteiger partial charge on any atom is 0.323 e. The molecule has 0 unspecified atom stereocenters. The monoisotopic (exact) mass is 546 g/mol. The molecule has 0 atom stereocenters. The van der Waals surface area contributed by atoms with E-state index < -0.39 is 29.2 Å². The van der Waals surface area contributed by atoms with Crippen LogP contribution in [-0.4, -0.2) is 26.5 Å². The molecule has 9 heteroatoms. The maximum atomic E-state index is 13.2. The minimum atomic E-state index is -1.36. The van der Waals surface area contributed by atoms with Crippen molar-refractivity contribution in [1.29, 1.82) is 5.26 Å². The Balaban J connectivity index is 1.76. The Morgan fingerprint density at radius 3 is 1.90 bits per heavy atom. The van der Waals surface area contributed by atoms with Crippen molar-refractivity contribution in [2.24, 2.45) is 0 Å². The third kappa shape index (κ3) is 6.13. The molecular formula is C32H26N4O5. The lowest BCUT2D eigenvalue weighted by atomic mass is 10.1. The summed E-state index contributed by atoms with van der Waals surface area (Å²) in [6.45, 7) is 0.785. The average molecular weight is 547 g/mol. The molecule has 9 nitrogen and oxygen atoms in total. The molecule has 41 heavy (non-hydrogen) atoms. The molecule has 1 N–H and O–H groups in total. The molecule has 1 heterocycles. The summed E-state index contributed by atoms with van der Waals surface area (Å²) in [5, 5.41) is 18.4. The van der Waals surface area contributed by atoms with Crippen LogP contribution >= 0.6 is 0 Å². The van der Waals surface area contributed by atoms with Crippen molar-refractivity contribution in [2.75, 3.05) is 4.90 Å². The Morgan fingerprint density at radius 2 is 1.41 bits per heavy atom. The summed E-state index contributed by atoms with van der Waals surface area (Å²) in [5.41, 5.74) is 1.24. The van der Waals surface area contributed by atoms with E-state index in [1.165, 1.54) is 12.2 Å². The lowest BCUT2D eigenvalue weighted by Crippen LogP contribution is -2.59. The van der Waals surface area contributed by atoms with Crippen molar-refractivity contribution in [1.82, 2.24) is 9.13 Å². The van der Waals surface area contributed by atoms with E-state index in [1.54, 1.807) is 19.1 Å². The van der Waals surface area contributed by atoms with Crippen molar-refractivity contribution in [3.8, 4) is 6.07 Å². The van der Waals surface area contributed by atoms with Crippen LogP contribution in [-0.2, 0) is 22.7 Å². The molecule has 0 bridgehead atoms. The van der Waals surface area contributed by atoms with Gasteiger partial charge in [-0.15, -0.1) is 0 Å². The molecule has 0 fully saturated rings. The molecule has 0 aliphatic rings. The predicted molar refractivity (Wildman–Crippen MR) is 157 cm³/mol. The zero-order valence-electron chi connectivity index (χ0n) is 22.2. The van der Waals surface area contributed by atoms with Gasteiger partial charge in [0, 0.05) is 23.6 Å². The highest BCUT2D eigenvalue weighted by Crippen LogP contribution is 2.34. The first kappa shape index (κ1) is 28.3. The summed E-state index contributed by atoms with van der Waals surface area (Å²) in [5.74, 6) is -1.36. The summed E-state index contributed by atoms with van der Waals surface area (Å²) in [6, 6.07) is 29.2. The van der Waals surface area contributed by atoms with Crippen LogP contribution in [0.3, 0.4) is 0 Å². The standard InChI is InChI=1S/C32H26N4O5/c1-2-34-30(24(20-33)22-37)35(21-29(38)39)32(41)28(31(34)40)15-9-10-23-16-18-27(19-17-23)36(25-11-5-3-6-12-25)26-13-7-4-8-14-26/h3-19,22H,2,21H2,1H3,(H,38,39)/b10-9+,28-15+,30-24-. The first-order valence-corrected chi connectivity index (χ1v) is 12.7. The van der Waals surface area contributed by atoms with Gasteiger partial charge in [0.1, 0.15) is 28.9 Å².